The number of nitro benzene ring substituents is 1. The molecule has 5 nitrogen and oxygen atoms in total. The molecule has 0 saturated carbocycles. The Morgan fingerprint density at radius 3 is 2.86 bits per heavy atom. The lowest BCUT2D eigenvalue weighted by Crippen LogP contribution is -2.44. The maximum Gasteiger partial charge on any atom is 0.274 e. The Morgan fingerprint density at radius 2 is 2.14 bits per heavy atom. The molecule has 1 aromatic carbocycles. The predicted molar refractivity (Wildman–Crippen MR) is 82.3 cm³/mol. The number of para-hydroxylation sites is 1. The summed E-state index contributed by atoms with van der Waals surface area (Å²) >= 11 is 0. The van der Waals surface area contributed by atoms with Gasteiger partial charge in [0, 0.05) is 29.8 Å². The number of hydrogen-bond acceptors (Lipinski definition) is 4. The quantitative estimate of drug-likeness (QED) is 0.684. The third-order valence-corrected chi connectivity index (χ3v) is 4.99. The van der Waals surface area contributed by atoms with E-state index in [4.69, 9.17) is 0 Å². The lowest BCUT2D eigenvalue weighted by atomic mass is 9.99. The largest absolute Gasteiger partial charge is 0.312 e. The second kappa shape index (κ2) is 6.12. The van der Waals surface area contributed by atoms with Crippen LogP contribution in [-0.2, 0) is 0 Å². The molecule has 1 aromatic rings. The first-order valence-corrected chi connectivity index (χ1v) is 7.91. The molecule has 114 valence electrons. The third kappa shape index (κ3) is 2.80. The molecule has 3 rings (SSSR count). The summed E-state index contributed by atoms with van der Waals surface area (Å²) in [7, 11) is 0. The van der Waals surface area contributed by atoms with Gasteiger partial charge in [-0.2, -0.15) is 0 Å². The summed E-state index contributed by atoms with van der Waals surface area (Å²) in [5.74, 6) is 0. The van der Waals surface area contributed by atoms with Crippen molar-refractivity contribution in [3.05, 3.63) is 39.9 Å². The van der Waals surface area contributed by atoms with Crippen molar-refractivity contribution in [2.45, 2.75) is 50.7 Å². The van der Waals surface area contributed by atoms with Gasteiger partial charge in [0.25, 0.3) is 5.69 Å². The number of benzene rings is 1. The van der Waals surface area contributed by atoms with Crippen molar-refractivity contribution in [3.63, 3.8) is 0 Å². The van der Waals surface area contributed by atoms with Crippen molar-refractivity contribution < 1.29 is 4.92 Å². The summed E-state index contributed by atoms with van der Waals surface area (Å²) in [5.41, 5.74) is 1.09. The van der Waals surface area contributed by atoms with E-state index >= 15 is 0 Å². The molecule has 2 aliphatic heterocycles. The summed E-state index contributed by atoms with van der Waals surface area (Å²) in [6, 6.07) is 8.33. The number of nitro groups is 1. The maximum absolute atomic E-state index is 11.3. The fraction of sp³-hybridized carbons (Fsp3) is 0.625. The molecule has 5 heteroatoms. The highest BCUT2D eigenvalue weighted by Gasteiger charge is 2.37. The van der Waals surface area contributed by atoms with E-state index in [0.717, 1.165) is 18.7 Å². The summed E-state index contributed by atoms with van der Waals surface area (Å²) in [4.78, 5) is 13.5. The molecule has 0 radical (unpaired) electrons. The number of likely N-dealkylation sites (tertiary alicyclic amines) is 1. The summed E-state index contributed by atoms with van der Waals surface area (Å²) in [6.07, 6.45) is 4.86. The van der Waals surface area contributed by atoms with Gasteiger partial charge >= 0.3 is 0 Å². The van der Waals surface area contributed by atoms with Crippen LogP contribution in [0.2, 0.25) is 0 Å². The van der Waals surface area contributed by atoms with Crippen LogP contribution in [0.4, 0.5) is 5.69 Å². The van der Waals surface area contributed by atoms with E-state index in [1.807, 2.05) is 12.1 Å². The van der Waals surface area contributed by atoms with Gasteiger partial charge in [0.05, 0.1) is 4.92 Å². The van der Waals surface area contributed by atoms with Crippen molar-refractivity contribution >= 4 is 5.69 Å². The molecule has 1 N–H and O–H groups in total. The van der Waals surface area contributed by atoms with Gasteiger partial charge < -0.3 is 5.32 Å². The van der Waals surface area contributed by atoms with Crippen LogP contribution in [0.15, 0.2) is 24.3 Å². The highest BCUT2D eigenvalue weighted by atomic mass is 16.6. The molecule has 3 atom stereocenters. The minimum Gasteiger partial charge on any atom is -0.312 e. The van der Waals surface area contributed by atoms with Gasteiger partial charge in [-0.25, -0.2) is 0 Å². The first kappa shape index (κ1) is 14.5. The Kier molecular flexibility index (Phi) is 4.22. The molecule has 0 aromatic heterocycles. The van der Waals surface area contributed by atoms with Crippen LogP contribution < -0.4 is 5.32 Å². The van der Waals surface area contributed by atoms with Gasteiger partial charge in [0.15, 0.2) is 0 Å². The minimum absolute atomic E-state index is 0.0986. The molecule has 0 bridgehead atoms. The average molecular weight is 289 g/mol. The van der Waals surface area contributed by atoms with Crippen LogP contribution in [0, 0.1) is 10.1 Å². The van der Waals surface area contributed by atoms with Crippen molar-refractivity contribution in [1.29, 1.82) is 0 Å². The van der Waals surface area contributed by atoms with E-state index in [-0.39, 0.29) is 16.7 Å². The van der Waals surface area contributed by atoms with E-state index in [1.54, 1.807) is 12.1 Å². The van der Waals surface area contributed by atoms with Crippen LogP contribution in [0.25, 0.3) is 0 Å². The summed E-state index contributed by atoms with van der Waals surface area (Å²) < 4.78 is 0. The Morgan fingerprint density at radius 1 is 1.33 bits per heavy atom. The molecule has 2 aliphatic rings. The number of rotatable bonds is 4. The van der Waals surface area contributed by atoms with E-state index in [9.17, 15) is 10.1 Å². The van der Waals surface area contributed by atoms with Crippen LogP contribution in [0.5, 0.6) is 0 Å². The lowest BCUT2D eigenvalue weighted by molar-refractivity contribution is -0.386. The number of hydrogen-bond donors (Lipinski definition) is 1. The molecule has 3 unspecified atom stereocenters. The minimum atomic E-state index is -0.259. The van der Waals surface area contributed by atoms with Crippen LogP contribution >= 0.6 is 0 Å². The Bertz CT molecular complexity index is 514. The van der Waals surface area contributed by atoms with Gasteiger partial charge in [0.1, 0.15) is 0 Å². The van der Waals surface area contributed by atoms with Crippen molar-refractivity contribution in [2.24, 2.45) is 0 Å². The molecule has 0 amide bonds. The monoisotopic (exact) mass is 289 g/mol. The van der Waals surface area contributed by atoms with Crippen molar-refractivity contribution in [1.82, 2.24) is 10.2 Å². The average Bonchev–Trinajstić information content (AvgIpc) is 3.16. The molecule has 2 saturated heterocycles. The molecule has 2 heterocycles. The number of nitrogens with one attached hydrogen (secondary N) is 1. The fourth-order valence-electron chi connectivity index (χ4n) is 3.95. The Balaban J connectivity index is 1.83. The third-order valence-electron chi connectivity index (χ3n) is 4.99. The molecular formula is C16H23N3O2. The SMILES string of the molecule is CC(c1ccccc1[N+](=O)[O-])N1CCCC1C1CCCN1. The van der Waals surface area contributed by atoms with Crippen LogP contribution in [-0.4, -0.2) is 35.0 Å². The highest BCUT2D eigenvalue weighted by molar-refractivity contribution is 5.42. The lowest BCUT2D eigenvalue weighted by Gasteiger charge is -2.34. The normalized spacial score (nSPS) is 27.9. The smallest absolute Gasteiger partial charge is 0.274 e. The molecule has 0 spiro atoms. The molecule has 0 aliphatic carbocycles. The van der Waals surface area contributed by atoms with Gasteiger partial charge in [-0.05, 0) is 45.7 Å². The standard InChI is InChI=1S/C16H23N3O2/c1-12(13-6-2-3-8-15(13)19(20)21)18-11-5-9-16(18)14-7-4-10-17-14/h2-3,6,8,12,14,16-17H,4-5,7,9-11H2,1H3. The first-order chi connectivity index (χ1) is 10.2. The molecule has 2 fully saturated rings. The zero-order valence-electron chi connectivity index (χ0n) is 12.5. The first-order valence-electron chi connectivity index (χ1n) is 7.91. The van der Waals surface area contributed by atoms with Gasteiger partial charge in [-0.15, -0.1) is 0 Å². The van der Waals surface area contributed by atoms with Crippen molar-refractivity contribution in [3.8, 4) is 0 Å². The van der Waals surface area contributed by atoms with Gasteiger partial charge in [0.2, 0.25) is 0 Å². The Labute approximate surface area is 125 Å². The Hall–Kier alpha value is -1.46. The topological polar surface area (TPSA) is 58.4 Å². The second-order valence-corrected chi connectivity index (χ2v) is 6.14. The maximum atomic E-state index is 11.3. The van der Waals surface area contributed by atoms with Gasteiger partial charge in [-0.1, -0.05) is 18.2 Å². The van der Waals surface area contributed by atoms with Crippen molar-refractivity contribution in [2.75, 3.05) is 13.1 Å². The van der Waals surface area contributed by atoms with E-state index in [2.05, 4.69) is 17.1 Å². The molecule has 21 heavy (non-hydrogen) atoms. The van der Waals surface area contributed by atoms with E-state index in [1.165, 1.54) is 25.7 Å². The van der Waals surface area contributed by atoms with Crippen LogP contribution in [0.3, 0.4) is 0 Å². The van der Waals surface area contributed by atoms with E-state index in [0.29, 0.717) is 12.1 Å². The van der Waals surface area contributed by atoms with E-state index < -0.39 is 0 Å². The highest BCUT2D eigenvalue weighted by Crippen LogP contribution is 2.35. The molecular weight excluding hydrogens is 266 g/mol. The van der Waals surface area contributed by atoms with Gasteiger partial charge in [-0.3, -0.25) is 15.0 Å². The summed E-state index contributed by atoms with van der Waals surface area (Å²) in [6.45, 7) is 4.25. The summed E-state index contributed by atoms with van der Waals surface area (Å²) in [5, 5.41) is 14.9. The van der Waals surface area contributed by atoms with Crippen LogP contribution in [0.1, 0.15) is 44.2 Å². The second-order valence-electron chi connectivity index (χ2n) is 6.14. The fourth-order valence-corrected chi connectivity index (χ4v) is 3.95. The predicted octanol–water partition coefficient (Wildman–Crippen LogP) is 2.87. The number of nitrogens with zero attached hydrogens (tertiary/aromatic N) is 2. The zero-order valence-corrected chi connectivity index (χ0v) is 12.5. The zero-order chi connectivity index (χ0) is 14.8.